The minimum Gasteiger partial charge on any atom is -0.376 e. The van der Waals surface area contributed by atoms with Gasteiger partial charge >= 0.3 is 6.18 Å². The summed E-state index contributed by atoms with van der Waals surface area (Å²) in [5, 5.41) is 2.99. The van der Waals surface area contributed by atoms with E-state index < -0.39 is 30.1 Å². The van der Waals surface area contributed by atoms with E-state index in [0.29, 0.717) is 19.7 Å². The molecule has 4 heterocycles. The number of ketones is 1. The highest BCUT2D eigenvalue weighted by Gasteiger charge is 2.47. The van der Waals surface area contributed by atoms with Crippen molar-refractivity contribution >= 4 is 17.5 Å². The zero-order valence-electron chi connectivity index (χ0n) is 17.8. The SMILES string of the molecule is NCC1CCO[C@@H]1CNc1cc(=O)n2c(n1)N(CC(=O)c1ccccn1)[C@H](C(F)(F)F)CC2. The molecule has 3 atom stereocenters. The number of fused-ring (bicyclic) bond motifs is 1. The number of carbonyl (C=O) groups is 1. The Morgan fingerprint density at radius 2 is 2.12 bits per heavy atom. The van der Waals surface area contributed by atoms with E-state index in [1.165, 1.54) is 18.3 Å². The van der Waals surface area contributed by atoms with Crippen LogP contribution in [0, 0.1) is 5.92 Å². The number of ether oxygens (including phenoxy) is 1. The third-order valence-electron chi connectivity index (χ3n) is 6.02. The molecule has 2 aliphatic rings. The van der Waals surface area contributed by atoms with Crippen molar-refractivity contribution in [1.82, 2.24) is 14.5 Å². The fourth-order valence-electron chi connectivity index (χ4n) is 4.24. The van der Waals surface area contributed by atoms with Gasteiger partial charge in [0.2, 0.25) is 5.95 Å². The zero-order chi connectivity index (χ0) is 23.6. The van der Waals surface area contributed by atoms with Crippen LogP contribution in [-0.4, -0.2) is 64.9 Å². The van der Waals surface area contributed by atoms with Gasteiger partial charge in [-0.15, -0.1) is 0 Å². The highest BCUT2D eigenvalue weighted by Crippen LogP contribution is 2.34. The van der Waals surface area contributed by atoms with Crippen molar-refractivity contribution in [2.45, 2.75) is 37.7 Å². The van der Waals surface area contributed by atoms with Crippen LogP contribution in [0.25, 0.3) is 0 Å². The van der Waals surface area contributed by atoms with Gasteiger partial charge in [0, 0.05) is 37.9 Å². The van der Waals surface area contributed by atoms with Gasteiger partial charge in [-0.25, -0.2) is 0 Å². The number of alkyl halides is 3. The molecule has 3 N–H and O–H groups in total. The maximum absolute atomic E-state index is 13.8. The summed E-state index contributed by atoms with van der Waals surface area (Å²) in [7, 11) is 0. The minimum absolute atomic E-state index is 0.0402. The molecule has 0 aliphatic carbocycles. The molecule has 0 radical (unpaired) electrons. The van der Waals surface area contributed by atoms with Crippen molar-refractivity contribution in [2.24, 2.45) is 11.7 Å². The summed E-state index contributed by atoms with van der Waals surface area (Å²) >= 11 is 0. The number of hydrogen-bond acceptors (Lipinski definition) is 8. The number of nitrogens with one attached hydrogen (secondary N) is 1. The number of nitrogens with zero attached hydrogens (tertiary/aromatic N) is 4. The summed E-state index contributed by atoms with van der Waals surface area (Å²) < 4.78 is 48.3. The number of hydrogen-bond donors (Lipinski definition) is 2. The maximum atomic E-state index is 13.8. The maximum Gasteiger partial charge on any atom is 0.408 e. The van der Waals surface area contributed by atoms with Crippen LogP contribution in [0.2, 0.25) is 0 Å². The molecule has 0 spiro atoms. The van der Waals surface area contributed by atoms with E-state index >= 15 is 0 Å². The molecule has 9 nitrogen and oxygen atoms in total. The normalized spacial score (nSPS) is 22.8. The Hall–Kier alpha value is -2.99. The van der Waals surface area contributed by atoms with Gasteiger partial charge in [-0.3, -0.25) is 19.1 Å². The Morgan fingerprint density at radius 3 is 2.82 bits per heavy atom. The lowest BCUT2D eigenvalue weighted by Gasteiger charge is -2.38. The van der Waals surface area contributed by atoms with Crippen LogP contribution >= 0.6 is 0 Å². The standard InChI is InChI=1S/C21H25F3N6O3/c22-21(23,24)17-4-7-29-19(32)9-18(27-11-16-13(10-25)5-8-33-16)28-20(29)30(17)12-15(31)14-3-1-2-6-26-14/h1-3,6,9,13,16-17,27H,4-5,7-8,10-12,25H2/t13?,16-,17+/m1/s1. The molecular weight excluding hydrogens is 441 g/mol. The first-order valence-electron chi connectivity index (χ1n) is 10.7. The van der Waals surface area contributed by atoms with Gasteiger partial charge in [0.1, 0.15) is 17.6 Å². The second-order valence-electron chi connectivity index (χ2n) is 8.12. The molecule has 4 rings (SSSR count). The fourth-order valence-corrected chi connectivity index (χ4v) is 4.24. The third kappa shape index (κ3) is 5.01. The van der Waals surface area contributed by atoms with E-state index in [-0.39, 0.29) is 42.4 Å². The van der Waals surface area contributed by atoms with E-state index in [2.05, 4.69) is 15.3 Å². The summed E-state index contributed by atoms with van der Waals surface area (Å²) in [6.45, 7) is 0.570. The van der Waals surface area contributed by atoms with Crippen LogP contribution in [-0.2, 0) is 11.3 Å². The van der Waals surface area contributed by atoms with Gasteiger partial charge in [0.25, 0.3) is 5.56 Å². The van der Waals surface area contributed by atoms with Crippen molar-refractivity contribution in [1.29, 1.82) is 0 Å². The molecule has 12 heteroatoms. The van der Waals surface area contributed by atoms with E-state index in [1.807, 2.05) is 0 Å². The lowest BCUT2D eigenvalue weighted by atomic mass is 10.0. The lowest BCUT2D eigenvalue weighted by molar-refractivity contribution is -0.152. The predicted octanol–water partition coefficient (Wildman–Crippen LogP) is 1.44. The average Bonchev–Trinajstić information content (AvgIpc) is 3.25. The molecule has 1 fully saturated rings. The van der Waals surface area contributed by atoms with Gasteiger partial charge in [0.05, 0.1) is 12.6 Å². The number of nitrogens with two attached hydrogens (primary N) is 1. The average molecular weight is 466 g/mol. The number of anilines is 2. The summed E-state index contributed by atoms with van der Waals surface area (Å²) in [5.74, 6) is -0.532. The van der Waals surface area contributed by atoms with Gasteiger partial charge in [0.15, 0.2) is 5.78 Å². The monoisotopic (exact) mass is 466 g/mol. The minimum atomic E-state index is -4.61. The first kappa shape index (κ1) is 23.2. The van der Waals surface area contributed by atoms with Crippen LogP contribution in [0.5, 0.6) is 0 Å². The Labute approximate surface area is 187 Å². The molecule has 1 unspecified atom stereocenters. The van der Waals surface area contributed by atoms with Crippen molar-refractivity contribution < 1.29 is 22.7 Å². The van der Waals surface area contributed by atoms with Crippen molar-refractivity contribution in [3.8, 4) is 0 Å². The van der Waals surface area contributed by atoms with Crippen molar-refractivity contribution in [3.63, 3.8) is 0 Å². The fraction of sp³-hybridized carbons (Fsp3) is 0.524. The van der Waals surface area contributed by atoms with E-state index in [4.69, 9.17) is 10.5 Å². The molecule has 2 aliphatic heterocycles. The highest BCUT2D eigenvalue weighted by atomic mass is 19.4. The van der Waals surface area contributed by atoms with Crippen molar-refractivity contribution in [3.05, 3.63) is 46.5 Å². The van der Waals surface area contributed by atoms with E-state index in [9.17, 15) is 22.8 Å². The molecule has 0 aromatic carbocycles. The number of carbonyl (C=O) groups excluding carboxylic acids is 1. The first-order valence-corrected chi connectivity index (χ1v) is 10.7. The van der Waals surface area contributed by atoms with Crippen LogP contribution in [0.4, 0.5) is 24.9 Å². The van der Waals surface area contributed by atoms with Crippen LogP contribution in [0.15, 0.2) is 35.3 Å². The second-order valence-corrected chi connectivity index (χ2v) is 8.12. The first-order chi connectivity index (χ1) is 15.8. The zero-order valence-corrected chi connectivity index (χ0v) is 17.8. The molecule has 0 saturated carbocycles. The number of rotatable bonds is 7. The molecule has 178 valence electrons. The summed E-state index contributed by atoms with van der Waals surface area (Å²) in [4.78, 5) is 34.5. The molecule has 1 saturated heterocycles. The lowest BCUT2D eigenvalue weighted by Crippen LogP contribution is -2.54. The quantitative estimate of drug-likeness (QED) is 0.589. The largest absolute Gasteiger partial charge is 0.408 e. The Bertz CT molecular complexity index is 1050. The van der Waals surface area contributed by atoms with Crippen molar-refractivity contribution in [2.75, 3.05) is 36.5 Å². The summed E-state index contributed by atoms with van der Waals surface area (Å²) in [6.07, 6.45) is -2.94. The van der Waals surface area contributed by atoms with Gasteiger partial charge in [-0.05, 0) is 31.5 Å². The van der Waals surface area contributed by atoms with Gasteiger partial charge in [-0.2, -0.15) is 18.2 Å². The molecule has 2 aromatic heterocycles. The Morgan fingerprint density at radius 1 is 1.30 bits per heavy atom. The highest BCUT2D eigenvalue weighted by molar-refractivity contribution is 5.97. The molecular formula is C21H25F3N6O3. The molecule has 0 amide bonds. The predicted molar refractivity (Wildman–Crippen MR) is 114 cm³/mol. The topological polar surface area (TPSA) is 115 Å². The van der Waals surface area contributed by atoms with Gasteiger partial charge in [-0.1, -0.05) is 6.07 Å². The second kappa shape index (κ2) is 9.48. The Kier molecular flexibility index (Phi) is 6.66. The van der Waals surface area contributed by atoms with Crippen LogP contribution < -0.4 is 21.5 Å². The van der Waals surface area contributed by atoms with E-state index in [0.717, 1.165) is 15.9 Å². The molecule has 33 heavy (non-hydrogen) atoms. The summed E-state index contributed by atoms with van der Waals surface area (Å²) in [5.41, 5.74) is 5.29. The third-order valence-corrected chi connectivity index (χ3v) is 6.02. The smallest absolute Gasteiger partial charge is 0.376 e. The number of pyridine rings is 1. The van der Waals surface area contributed by atoms with E-state index in [1.54, 1.807) is 12.1 Å². The molecule has 0 bridgehead atoms. The van der Waals surface area contributed by atoms with Crippen LogP contribution in [0.3, 0.4) is 0 Å². The molecule has 2 aromatic rings. The van der Waals surface area contributed by atoms with Gasteiger partial charge < -0.3 is 20.7 Å². The Balaban J connectivity index is 1.63. The van der Waals surface area contributed by atoms with Crippen LogP contribution in [0.1, 0.15) is 23.3 Å². The number of aromatic nitrogens is 3. The number of Topliss-reactive ketones (excluding diaryl/α,β-unsaturated/α-hetero) is 1. The number of halogens is 3. The summed E-state index contributed by atoms with van der Waals surface area (Å²) in [6, 6.07) is 3.90.